The van der Waals surface area contributed by atoms with Gasteiger partial charge in [-0.2, -0.15) is 0 Å². The first-order valence-corrected chi connectivity index (χ1v) is 8.18. The van der Waals surface area contributed by atoms with Crippen LogP contribution in [0.3, 0.4) is 0 Å². The van der Waals surface area contributed by atoms with E-state index in [9.17, 15) is 14.4 Å². The minimum absolute atomic E-state index is 0.256. The second-order valence-corrected chi connectivity index (χ2v) is 5.55. The predicted octanol–water partition coefficient (Wildman–Crippen LogP) is 1.59. The molecular formula is C18H22N2O6. The predicted molar refractivity (Wildman–Crippen MR) is 93.9 cm³/mol. The van der Waals surface area contributed by atoms with Crippen molar-refractivity contribution in [2.75, 3.05) is 26.8 Å². The minimum Gasteiger partial charge on any atom is -0.493 e. The van der Waals surface area contributed by atoms with E-state index in [2.05, 4.69) is 5.32 Å². The molecule has 26 heavy (non-hydrogen) atoms. The number of carbonyl (C=O) groups excluding carboxylic acids is 3. The summed E-state index contributed by atoms with van der Waals surface area (Å²) in [6, 6.07) is 4.80. The van der Waals surface area contributed by atoms with Crippen LogP contribution in [0.15, 0.2) is 24.3 Å². The van der Waals surface area contributed by atoms with Crippen molar-refractivity contribution in [3.8, 4) is 11.5 Å². The fourth-order valence-corrected chi connectivity index (χ4v) is 2.42. The van der Waals surface area contributed by atoms with Crippen LogP contribution in [0.5, 0.6) is 11.5 Å². The molecule has 1 saturated heterocycles. The lowest BCUT2D eigenvalue weighted by molar-refractivity contribution is -0.159. The summed E-state index contributed by atoms with van der Waals surface area (Å²) in [7, 11) is 1.50. The first-order chi connectivity index (χ1) is 12.5. The largest absolute Gasteiger partial charge is 0.493 e. The third-order valence-electron chi connectivity index (χ3n) is 3.67. The number of benzene rings is 1. The lowest BCUT2D eigenvalue weighted by Gasteiger charge is -2.18. The van der Waals surface area contributed by atoms with E-state index in [0.29, 0.717) is 18.0 Å². The molecule has 1 aliphatic rings. The Labute approximate surface area is 151 Å². The maximum atomic E-state index is 12.1. The average molecular weight is 362 g/mol. The maximum Gasteiger partial charge on any atom is 0.344 e. The third kappa shape index (κ3) is 4.75. The Balaban J connectivity index is 1.90. The van der Waals surface area contributed by atoms with Gasteiger partial charge in [0.2, 0.25) is 0 Å². The summed E-state index contributed by atoms with van der Waals surface area (Å²) in [4.78, 5) is 36.5. The van der Waals surface area contributed by atoms with Crippen molar-refractivity contribution in [3.05, 3.63) is 29.8 Å². The first kappa shape index (κ1) is 19.3. The highest BCUT2D eigenvalue weighted by Gasteiger charge is 2.31. The normalized spacial score (nSPS) is 14.9. The molecule has 2 rings (SSSR count). The van der Waals surface area contributed by atoms with Crippen LogP contribution in [0.4, 0.5) is 4.79 Å². The third-order valence-corrected chi connectivity index (χ3v) is 3.67. The van der Waals surface area contributed by atoms with Gasteiger partial charge in [-0.05, 0) is 31.5 Å². The molecule has 1 N–H and O–H groups in total. The monoisotopic (exact) mass is 362 g/mol. The molecule has 0 saturated carbocycles. The van der Waals surface area contributed by atoms with Gasteiger partial charge >= 0.3 is 12.0 Å². The molecule has 1 heterocycles. The summed E-state index contributed by atoms with van der Waals surface area (Å²) in [6.07, 6.45) is 2.72. The van der Waals surface area contributed by atoms with Crippen molar-refractivity contribution in [1.29, 1.82) is 0 Å². The molecule has 1 aliphatic heterocycles. The van der Waals surface area contributed by atoms with Gasteiger partial charge < -0.3 is 19.5 Å². The minimum atomic E-state index is -1.08. The molecule has 0 spiro atoms. The van der Waals surface area contributed by atoms with Crippen molar-refractivity contribution in [2.24, 2.45) is 0 Å². The summed E-state index contributed by atoms with van der Waals surface area (Å²) >= 11 is 0. The second kappa shape index (κ2) is 8.89. The summed E-state index contributed by atoms with van der Waals surface area (Å²) in [5.74, 6) is -0.423. The Morgan fingerprint density at radius 1 is 1.35 bits per heavy atom. The number of allylic oxidation sites excluding steroid dienone is 1. The second-order valence-electron chi connectivity index (χ2n) is 5.55. The molecule has 0 aliphatic carbocycles. The summed E-state index contributed by atoms with van der Waals surface area (Å²) in [5, 5.41) is 2.51. The molecule has 1 aromatic carbocycles. The van der Waals surface area contributed by atoms with E-state index in [1.54, 1.807) is 12.1 Å². The van der Waals surface area contributed by atoms with Crippen molar-refractivity contribution in [1.82, 2.24) is 10.2 Å². The number of nitrogens with zero attached hydrogens (tertiary/aromatic N) is 1. The molecule has 140 valence electrons. The number of esters is 1. The van der Waals surface area contributed by atoms with Crippen LogP contribution in [0, 0.1) is 0 Å². The molecule has 0 radical (unpaired) electrons. The SMILES string of the molecule is C/C=C\c1ccc(OCC(=O)O[C@H](C)C(=O)N2CCNC2=O)c(OC)c1. The van der Waals surface area contributed by atoms with Crippen LogP contribution in [0.2, 0.25) is 0 Å². The molecule has 1 fully saturated rings. The van der Waals surface area contributed by atoms with E-state index < -0.39 is 24.0 Å². The summed E-state index contributed by atoms with van der Waals surface area (Å²) in [5.41, 5.74) is 0.933. The Kier molecular flexibility index (Phi) is 6.60. The van der Waals surface area contributed by atoms with Gasteiger partial charge in [0, 0.05) is 13.1 Å². The molecule has 3 amide bonds. The van der Waals surface area contributed by atoms with E-state index in [-0.39, 0.29) is 13.2 Å². The Morgan fingerprint density at radius 2 is 2.12 bits per heavy atom. The highest BCUT2D eigenvalue weighted by Crippen LogP contribution is 2.28. The van der Waals surface area contributed by atoms with Crippen LogP contribution in [-0.4, -0.2) is 55.7 Å². The molecule has 0 bridgehead atoms. The summed E-state index contributed by atoms with van der Waals surface area (Å²) < 4.78 is 15.7. The molecule has 1 aromatic rings. The number of hydrogen-bond acceptors (Lipinski definition) is 6. The van der Waals surface area contributed by atoms with Crippen molar-refractivity contribution in [3.63, 3.8) is 0 Å². The van der Waals surface area contributed by atoms with E-state index in [1.807, 2.05) is 25.1 Å². The van der Waals surface area contributed by atoms with Gasteiger partial charge in [0.1, 0.15) is 0 Å². The quantitative estimate of drug-likeness (QED) is 0.741. The zero-order chi connectivity index (χ0) is 19.1. The first-order valence-electron chi connectivity index (χ1n) is 8.18. The number of nitrogens with one attached hydrogen (secondary N) is 1. The van der Waals surface area contributed by atoms with Gasteiger partial charge in [-0.1, -0.05) is 18.2 Å². The fourth-order valence-electron chi connectivity index (χ4n) is 2.42. The Bertz CT molecular complexity index is 716. The molecule has 8 heteroatoms. The number of hydrogen-bond donors (Lipinski definition) is 1. The zero-order valence-corrected chi connectivity index (χ0v) is 15.0. The topological polar surface area (TPSA) is 94.2 Å². The van der Waals surface area contributed by atoms with Gasteiger partial charge in [-0.25, -0.2) is 9.59 Å². The molecular weight excluding hydrogens is 340 g/mol. The zero-order valence-electron chi connectivity index (χ0n) is 15.0. The standard InChI is InChI=1S/C18H22N2O6/c1-4-5-13-6-7-14(15(10-13)24-3)25-11-16(21)26-12(2)17(22)20-9-8-19-18(20)23/h4-7,10,12H,8-9,11H2,1-3H3,(H,19,23)/b5-4-/t12-/m1/s1. The van der Waals surface area contributed by atoms with E-state index >= 15 is 0 Å². The number of urea groups is 1. The molecule has 0 aromatic heterocycles. The number of carbonyl (C=O) groups is 3. The van der Waals surface area contributed by atoms with E-state index in [1.165, 1.54) is 14.0 Å². The van der Waals surface area contributed by atoms with Crippen LogP contribution in [0.1, 0.15) is 19.4 Å². The fraction of sp³-hybridized carbons (Fsp3) is 0.389. The Morgan fingerprint density at radius 3 is 2.73 bits per heavy atom. The molecule has 1 atom stereocenters. The van der Waals surface area contributed by atoms with E-state index in [0.717, 1.165) is 10.5 Å². The van der Waals surface area contributed by atoms with Gasteiger partial charge in [0.25, 0.3) is 5.91 Å². The number of imide groups is 1. The van der Waals surface area contributed by atoms with Gasteiger partial charge in [-0.15, -0.1) is 0 Å². The van der Waals surface area contributed by atoms with Crippen LogP contribution in [0.25, 0.3) is 6.08 Å². The maximum absolute atomic E-state index is 12.1. The number of amides is 3. The lowest BCUT2D eigenvalue weighted by Crippen LogP contribution is -2.42. The highest BCUT2D eigenvalue weighted by molar-refractivity contribution is 5.98. The van der Waals surface area contributed by atoms with Crippen molar-refractivity contribution < 1.29 is 28.6 Å². The van der Waals surface area contributed by atoms with E-state index in [4.69, 9.17) is 14.2 Å². The Hall–Kier alpha value is -3.03. The molecule has 8 nitrogen and oxygen atoms in total. The number of rotatable bonds is 7. The van der Waals surface area contributed by atoms with Crippen LogP contribution >= 0.6 is 0 Å². The van der Waals surface area contributed by atoms with Crippen LogP contribution < -0.4 is 14.8 Å². The van der Waals surface area contributed by atoms with Gasteiger partial charge in [0.05, 0.1) is 7.11 Å². The lowest BCUT2D eigenvalue weighted by atomic mass is 10.2. The number of ether oxygens (including phenoxy) is 3. The summed E-state index contributed by atoms with van der Waals surface area (Å²) in [6.45, 7) is 3.58. The van der Waals surface area contributed by atoms with Gasteiger partial charge in [0.15, 0.2) is 24.2 Å². The smallest absolute Gasteiger partial charge is 0.344 e. The van der Waals surface area contributed by atoms with Crippen LogP contribution in [-0.2, 0) is 14.3 Å². The van der Waals surface area contributed by atoms with Gasteiger partial charge in [-0.3, -0.25) is 9.69 Å². The number of methoxy groups -OCH3 is 1. The highest BCUT2D eigenvalue weighted by atomic mass is 16.6. The van der Waals surface area contributed by atoms with Crippen molar-refractivity contribution >= 4 is 24.0 Å². The average Bonchev–Trinajstić information content (AvgIpc) is 3.05. The molecule has 0 unspecified atom stereocenters. The van der Waals surface area contributed by atoms with Crippen molar-refractivity contribution in [2.45, 2.75) is 20.0 Å².